The molecule has 0 amide bonds. The van der Waals surface area contributed by atoms with Crippen LogP contribution in [0.25, 0.3) is 0 Å². The van der Waals surface area contributed by atoms with Crippen LogP contribution >= 0.6 is 0 Å². The summed E-state index contributed by atoms with van der Waals surface area (Å²) in [7, 11) is -2.17. The van der Waals surface area contributed by atoms with E-state index in [-0.39, 0.29) is 6.47 Å². The summed E-state index contributed by atoms with van der Waals surface area (Å²) in [4.78, 5) is 11.6. The Balaban J connectivity index is 0. The lowest BCUT2D eigenvalue weighted by Gasteiger charge is -1.69. The number of carbonyl (C=O) groups excluding carboxylic acids is 1. The minimum absolute atomic E-state index is 0.0694. The first-order chi connectivity index (χ1) is 3.65. The number of carbonyl (C=O) groups is 1. The molecule has 7 heteroatoms. The monoisotopic (exact) mass is 124 g/mol. The van der Waals surface area contributed by atoms with Crippen LogP contribution in [0.15, 0.2) is 0 Å². The average molecular weight is 124 g/mol. The number of hydrogen-bond donors (Lipinski definition) is 4. The Bertz CT molecular complexity index is 41.0. The zero-order valence-corrected chi connectivity index (χ0v) is 3.76. The van der Waals surface area contributed by atoms with Crippen molar-refractivity contribution in [3.63, 3.8) is 0 Å². The number of hydrogen-bond acceptors (Lipinski definition) is 6. The summed E-state index contributed by atoms with van der Waals surface area (Å²) < 4.78 is 0. The normalized spacial score (nSPS) is 6.00. The van der Waals surface area contributed by atoms with Crippen molar-refractivity contribution in [1.82, 2.24) is 0 Å². The third kappa shape index (κ3) is 732. The van der Waals surface area contributed by atoms with Gasteiger partial charge in [-0.15, -0.1) is 0 Å². The van der Waals surface area contributed by atoms with Crippen LogP contribution in [0.5, 0.6) is 0 Å². The molecule has 8 heavy (non-hydrogen) atoms. The molecule has 0 saturated carbocycles. The highest BCUT2D eigenvalue weighted by Crippen LogP contribution is 1.40. The van der Waals surface area contributed by atoms with E-state index in [1.54, 1.807) is 0 Å². The van der Waals surface area contributed by atoms with Gasteiger partial charge in [-0.1, -0.05) is 0 Å². The van der Waals surface area contributed by atoms with E-state index in [2.05, 4.69) is 4.89 Å². The van der Waals surface area contributed by atoms with Crippen LogP contribution < -0.4 is 0 Å². The molecule has 0 heterocycles. The van der Waals surface area contributed by atoms with E-state index in [1.807, 2.05) is 0 Å². The van der Waals surface area contributed by atoms with Gasteiger partial charge in [0, 0.05) is 0 Å². The van der Waals surface area contributed by atoms with Crippen molar-refractivity contribution in [1.29, 1.82) is 0 Å². The summed E-state index contributed by atoms with van der Waals surface area (Å²) in [5, 5.41) is 28.5. The Labute approximate surface area is 45.1 Å². The van der Waals surface area contributed by atoms with Crippen LogP contribution in [0.1, 0.15) is 0 Å². The van der Waals surface area contributed by atoms with E-state index in [4.69, 9.17) is 25.1 Å². The third-order valence-corrected chi connectivity index (χ3v) is 0.0430. The van der Waals surface area contributed by atoms with Gasteiger partial charge in [0.25, 0.3) is 0 Å². The molecule has 0 rings (SSSR count). The molecule has 0 spiro atoms. The molecule has 48 valence electrons. The van der Waals surface area contributed by atoms with E-state index in [9.17, 15) is 0 Å². The van der Waals surface area contributed by atoms with Gasteiger partial charge in [-0.2, -0.15) is 0 Å². The highest BCUT2D eigenvalue weighted by atomic mass is 17.1. The van der Waals surface area contributed by atoms with E-state index < -0.39 is 7.32 Å². The van der Waals surface area contributed by atoms with E-state index in [0.717, 1.165) is 0 Å². The molecule has 0 fully saturated rings. The Morgan fingerprint density at radius 3 is 1.50 bits per heavy atom. The van der Waals surface area contributed by atoms with Gasteiger partial charge in [-0.25, -0.2) is 5.26 Å². The quantitative estimate of drug-likeness (QED) is 0.134. The second-order valence-corrected chi connectivity index (χ2v) is 0.548. The summed E-state index contributed by atoms with van der Waals surface area (Å²) >= 11 is 0. The maximum absolute atomic E-state index is 8.70. The minimum atomic E-state index is -2.17. The summed E-state index contributed by atoms with van der Waals surface area (Å²) in [5.41, 5.74) is 0. The molecule has 0 unspecified atom stereocenters. The zero-order chi connectivity index (χ0) is 6.99. The van der Waals surface area contributed by atoms with Crippen molar-refractivity contribution in [2.24, 2.45) is 0 Å². The van der Waals surface area contributed by atoms with E-state index >= 15 is 0 Å². The van der Waals surface area contributed by atoms with Gasteiger partial charge in [0.1, 0.15) is 0 Å². The maximum Gasteiger partial charge on any atom is 0.631 e. The molecular weight excluding hydrogens is 119 g/mol. The molecule has 0 aromatic carbocycles. The Kier molecular flexibility index (Phi) is 12.5. The molecule has 0 aromatic rings. The van der Waals surface area contributed by atoms with Crippen molar-refractivity contribution >= 4 is 13.8 Å². The molecule has 0 aromatic heterocycles. The summed E-state index contributed by atoms with van der Waals surface area (Å²) in [6.45, 7) is -0.0694. The Morgan fingerprint density at radius 1 is 1.38 bits per heavy atom. The Morgan fingerprint density at radius 2 is 1.50 bits per heavy atom. The van der Waals surface area contributed by atoms with Gasteiger partial charge in [0.15, 0.2) is 0 Å². The molecule has 0 aliphatic rings. The van der Waals surface area contributed by atoms with Crippen molar-refractivity contribution in [3.05, 3.63) is 0 Å². The van der Waals surface area contributed by atoms with Gasteiger partial charge in [0.05, 0.1) is 0 Å². The highest BCUT2D eigenvalue weighted by molar-refractivity contribution is 6.30. The van der Waals surface area contributed by atoms with Crippen molar-refractivity contribution in [2.45, 2.75) is 0 Å². The largest absolute Gasteiger partial charge is 0.631 e. The van der Waals surface area contributed by atoms with Crippen molar-refractivity contribution in [3.8, 4) is 0 Å². The molecule has 4 N–H and O–H groups in total. The fourth-order valence-corrected chi connectivity index (χ4v) is 0. The minimum Gasteiger partial charge on any atom is -0.402 e. The average Bonchev–Trinajstić information content (AvgIpc) is 1.65. The van der Waals surface area contributed by atoms with Crippen LogP contribution in [-0.4, -0.2) is 34.1 Å². The third-order valence-electron chi connectivity index (χ3n) is 0.0430. The Hall–Kier alpha value is -0.625. The second kappa shape index (κ2) is 9.62. The predicted molar refractivity (Wildman–Crippen MR) is 22.2 cm³/mol. The summed E-state index contributed by atoms with van der Waals surface area (Å²) in [5.74, 6) is 0. The van der Waals surface area contributed by atoms with Gasteiger partial charge in [-0.05, 0) is 0 Å². The van der Waals surface area contributed by atoms with E-state index in [0.29, 0.717) is 0 Å². The number of rotatable bonds is 1. The lowest BCUT2D eigenvalue weighted by Crippen LogP contribution is -2.07. The topological polar surface area (TPSA) is 107 Å². The van der Waals surface area contributed by atoms with Crippen LogP contribution in [-0.2, 0) is 9.68 Å². The van der Waals surface area contributed by atoms with Crippen molar-refractivity contribution in [2.75, 3.05) is 0 Å². The highest BCUT2D eigenvalue weighted by Gasteiger charge is 1.92. The van der Waals surface area contributed by atoms with Gasteiger partial charge < -0.3 is 20.0 Å². The van der Waals surface area contributed by atoms with Crippen molar-refractivity contribution < 1.29 is 30.0 Å². The molecule has 0 aliphatic heterocycles. The van der Waals surface area contributed by atoms with Gasteiger partial charge >= 0.3 is 13.8 Å². The smallest absolute Gasteiger partial charge is 0.402 e. The maximum atomic E-state index is 8.70. The first-order valence-corrected chi connectivity index (χ1v) is 1.43. The molecule has 0 radical (unpaired) electrons. The first kappa shape index (κ1) is 10.4. The van der Waals surface area contributed by atoms with Gasteiger partial charge in [-0.3, -0.25) is 4.79 Å². The summed E-state index contributed by atoms with van der Waals surface area (Å²) in [6.07, 6.45) is 0. The van der Waals surface area contributed by atoms with E-state index in [1.165, 1.54) is 0 Å². The van der Waals surface area contributed by atoms with Gasteiger partial charge in [0.2, 0.25) is 0 Å². The van der Waals surface area contributed by atoms with Crippen LogP contribution in [0.2, 0.25) is 0 Å². The fourth-order valence-electron chi connectivity index (χ4n) is 0. The standard InChI is InChI=1S/CH2O3.BH3O3/c2-1-4-3;2-1(3)4/h1,3H;2-4H. The molecular formula is CH5BO6. The first-order valence-electron chi connectivity index (χ1n) is 1.43. The lowest BCUT2D eigenvalue weighted by atomic mass is 10.3. The van der Waals surface area contributed by atoms with Crippen LogP contribution in [0.3, 0.4) is 0 Å². The lowest BCUT2D eigenvalue weighted by molar-refractivity contribution is -0.217. The summed E-state index contributed by atoms with van der Waals surface area (Å²) in [6, 6.07) is 0. The molecule has 0 aliphatic carbocycles. The molecule has 0 bridgehead atoms. The molecule has 0 saturated heterocycles. The molecule has 0 atom stereocenters. The van der Waals surface area contributed by atoms with Crippen LogP contribution in [0, 0.1) is 0 Å². The second-order valence-electron chi connectivity index (χ2n) is 0.548. The predicted octanol–water partition coefficient (Wildman–Crippen LogP) is -2.42. The van der Waals surface area contributed by atoms with Crippen LogP contribution in [0.4, 0.5) is 0 Å². The fraction of sp³-hybridized carbons (Fsp3) is 0. The zero-order valence-electron chi connectivity index (χ0n) is 3.76. The SMILES string of the molecule is O=COO.OB(O)O. The molecule has 6 nitrogen and oxygen atoms in total.